The minimum atomic E-state index is -0.448. The van der Waals surface area contributed by atoms with Crippen LogP contribution in [0.25, 0.3) is 0 Å². The van der Waals surface area contributed by atoms with Crippen LogP contribution in [0.2, 0.25) is 0 Å². The van der Waals surface area contributed by atoms with Crippen LogP contribution < -0.4 is 5.32 Å². The average molecular weight is 243 g/mol. The fraction of sp³-hybridized carbons (Fsp3) is 0.154. The Kier molecular flexibility index (Phi) is 3.86. The number of ether oxygens (including phenoxy) is 1. The van der Waals surface area contributed by atoms with Gasteiger partial charge in [0.05, 0.1) is 6.61 Å². The van der Waals surface area contributed by atoms with Gasteiger partial charge < -0.3 is 10.1 Å². The van der Waals surface area contributed by atoms with Crippen molar-refractivity contribution in [3.63, 3.8) is 0 Å². The van der Waals surface area contributed by atoms with Crippen LogP contribution in [-0.4, -0.2) is 22.5 Å². The molecule has 92 valence electrons. The lowest BCUT2D eigenvalue weighted by Gasteiger charge is -2.06. The first-order valence-electron chi connectivity index (χ1n) is 5.61. The zero-order chi connectivity index (χ0) is 12.8. The quantitative estimate of drug-likeness (QED) is 0.835. The number of carbonyl (C=O) groups is 1. The van der Waals surface area contributed by atoms with E-state index in [-0.39, 0.29) is 5.69 Å². The van der Waals surface area contributed by atoms with E-state index >= 15 is 0 Å². The smallest absolute Gasteiger partial charge is 0.357 e. The number of hydrogen-bond donors (Lipinski definition) is 1. The molecule has 1 aromatic carbocycles. The fourth-order valence-corrected chi connectivity index (χ4v) is 1.41. The van der Waals surface area contributed by atoms with Crippen LogP contribution in [0, 0.1) is 0 Å². The van der Waals surface area contributed by atoms with Crippen LogP contribution in [0.4, 0.5) is 11.5 Å². The summed E-state index contributed by atoms with van der Waals surface area (Å²) in [6.07, 6.45) is 1.33. The Labute approximate surface area is 105 Å². The number of benzene rings is 1. The van der Waals surface area contributed by atoms with Crippen molar-refractivity contribution in [1.29, 1.82) is 0 Å². The van der Waals surface area contributed by atoms with E-state index in [1.165, 1.54) is 6.33 Å². The molecule has 18 heavy (non-hydrogen) atoms. The van der Waals surface area contributed by atoms with E-state index in [0.29, 0.717) is 12.4 Å². The van der Waals surface area contributed by atoms with Crippen LogP contribution in [0.15, 0.2) is 42.7 Å². The highest BCUT2D eigenvalue weighted by molar-refractivity contribution is 5.88. The van der Waals surface area contributed by atoms with Crippen molar-refractivity contribution in [3.05, 3.63) is 48.4 Å². The number of carbonyl (C=O) groups excluding carboxylic acids is 1. The van der Waals surface area contributed by atoms with Gasteiger partial charge in [-0.1, -0.05) is 18.2 Å². The number of esters is 1. The molecule has 0 saturated carbocycles. The molecule has 0 aliphatic heterocycles. The summed E-state index contributed by atoms with van der Waals surface area (Å²) in [7, 11) is 0. The monoisotopic (exact) mass is 243 g/mol. The highest BCUT2D eigenvalue weighted by Crippen LogP contribution is 2.13. The van der Waals surface area contributed by atoms with Gasteiger partial charge in [-0.15, -0.1) is 0 Å². The third-order valence-corrected chi connectivity index (χ3v) is 2.20. The molecule has 0 unspecified atom stereocenters. The molecule has 5 nitrogen and oxygen atoms in total. The number of para-hydroxylation sites is 1. The maximum Gasteiger partial charge on any atom is 0.357 e. The Morgan fingerprint density at radius 1 is 1.28 bits per heavy atom. The molecule has 2 rings (SSSR count). The molecule has 1 aromatic heterocycles. The van der Waals surface area contributed by atoms with Gasteiger partial charge in [-0.25, -0.2) is 14.8 Å². The van der Waals surface area contributed by atoms with E-state index in [0.717, 1.165) is 5.69 Å². The fourth-order valence-electron chi connectivity index (χ4n) is 1.41. The molecule has 0 amide bonds. The Balaban J connectivity index is 2.15. The lowest BCUT2D eigenvalue weighted by molar-refractivity contribution is 0.0519. The Morgan fingerprint density at radius 3 is 2.78 bits per heavy atom. The number of anilines is 2. The molecule has 1 N–H and O–H groups in total. The molecule has 1 heterocycles. The lowest BCUT2D eigenvalue weighted by atomic mass is 10.3. The summed E-state index contributed by atoms with van der Waals surface area (Å²) < 4.78 is 4.88. The van der Waals surface area contributed by atoms with Gasteiger partial charge in [0.25, 0.3) is 0 Å². The first-order chi connectivity index (χ1) is 8.79. The van der Waals surface area contributed by atoms with E-state index in [9.17, 15) is 4.79 Å². The average Bonchev–Trinajstić information content (AvgIpc) is 2.40. The number of hydrogen-bond acceptors (Lipinski definition) is 5. The molecule has 5 heteroatoms. The second kappa shape index (κ2) is 5.77. The number of nitrogens with one attached hydrogen (secondary N) is 1. The predicted octanol–water partition coefficient (Wildman–Crippen LogP) is 2.40. The second-order valence-corrected chi connectivity index (χ2v) is 3.50. The van der Waals surface area contributed by atoms with Crippen molar-refractivity contribution < 1.29 is 9.53 Å². The van der Waals surface area contributed by atoms with E-state index < -0.39 is 5.97 Å². The maximum absolute atomic E-state index is 11.5. The first kappa shape index (κ1) is 12.0. The van der Waals surface area contributed by atoms with Gasteiger partial charge in [-0.2, -0.15) is 0 Å². The molecule has 0 bridgehead atoms. The van der Waals surface area contributed by atoms with Crippen molar-refractivity contribution in [2.24, 2.45) is 0 Å². The third-order valence-electron chi connectivity index (χ3n) is 2.20. The molecule has 0 aliphatic carbocycles. The summed E-state index contributed by atoms with van der Waals surface area (Å²) in [4.78, 5) is 19.4. The molecule has 0 spiro atoms. The molecule has 0 fully saturated rings. The van der Waals surface area contributed by atoms with E-state index in [2.05, 4.69) is 15.3 Å². The van der Waals surface area contributed by atoms with Gasteiger partial charge in [0.2, 0.25) is 0 Å². The summed E-state index contributed by atoms with van der Waals surface area (Å²) >= 11 is 0. The van der Waals surface area contributed by atoms with Crippen molar-refractivity contribution in [1.82, 2.24) is 9.97 Å². The van der Waals surface area contributed by atoms with Crippen LogP contribution in [0.3, 0.4) is 0 Å². The predicted molar refractivity (Wildman–Crippen MR) is 67.7 cm³/mol. The SMILES string of the molecule is CCOC(=O)c1cc(Nc2ccccc2)ncn1. The van der Waals surface area contributed by atoms with Gasteiger partial charge in [-0.05, 0) is 19.1 Å². The Morgan fingerprint density at radius 2 is 2.06 bits per heavy atom. The zero-order valence-corrected chi connectivity index (χ0v) is 9.96. The minimum Gasteiger partial charge on any atom is -0.461 e. The normalized spacial score (nSPS) is 9.83. The zero-order valence-electron chi connectivity index (χ0n) is 9.96. The van der Waals surface area contributed by atoms with Gasteiger partial charge in [0, 0.05) is 11.8 Å². The van der Waals surface area contributed by atoms with Gasteiger partial charge in [0.15, 0.2) is 5.69 Å². The summed E-state index contributed by atoms with van der Waals surface area (Å²) in [6.45, 7) is 2.08. The van der Waals surface area contributed by atoms with Crippen LogP contribution in [0.1, 0.15) is 17.4 Å². The molecule has 0 radical (unpaired) electrons. The summed E-state index contributed by atoms with van der Waals surface area (Å²) in [6, 6.07) is 11.1. The third kappa shape index (κ3) is 3.04. The molecule has 0 aliphatic rings. The molecular weight excluding hydrogens is 230 g/mol. The van der Waals surface area contributed by atoms with Crippen molar-refractivity contribution in [2.75, 3.05) is 11.9 Å². The van der Waals surface area contributed by atoms with Crippen LogP contribution in [0.5, 0.6) is 0 Å². The van der Waals surface area contributed by atoms with E-state index in [1.54, 1.807) is 13.0 Å². The summed E-state index contributed by atoms with van der Waals surface area (Å²) in [5.74, 6) is 0.107. The van der Waals surface area contributed by atoms with Gasteiger partial charge in [0.1, 0.15) is 12.1 Å². The van der Waals surface area contributed by atoms with Gasteiger partial charge in [-0.3, -0.25) is 0 Å². The van der Waals surface area contributed by atoms with Crippen molar-refractivity contribution in [3.8, 4) is 0 Å². The first-order valence-corrected chi connectivity index (χ1v) is 5.61. The molecule has 0 atom stereocenters. The highest BCUT2D eigenvalue weighted by Gasteiger charge is 2.09. The maximum atomic E-state index is 11.5. The Bertz CT molecular complexity index is 529. The summed E-state index contributed by atoms with van der Waals surface area (Å²) in [5.41, 5.74) is 1.14. The van der Waals surface area contributed by atoms with Crippen LogP contribution in [-0.2, 0) is 4.74 Å². The topological polar surface area (TPSA) is 64.1 Å². The second-order valence-electron chi connectivity index (χ2n) is 3.50. The largest absolute Gasteiger partial charge is 0.461 e. The number of nitrogens with zero attached hydrogens (tertiary/aromatic N) is 2. The number of aromatic nitrogens is 2. The minimum absolute atomic E-state index is 0.241. The van der Waals surface area contributed by atoms with E-state index in [4.69, 9.17) is 4.74 Å². The molecular formula is C13H13N3O2. The van der Waals surface area contributed by atoms with Crippen molar-refractivity contribution >= 4 is 17.5 Å². The van der Waals surface area contributed by atoms with Crippen LogP contribution >= 0.6 is 0 Å². The standard InChI is InChI=1S/C13H13N3O2/c1-2-18-13(17)11-8-12(15-9-14-11)16-10-6-4-3-5-7-10/h3-9H,2H2,1H3,(H,14,15,16). The molecule has 0 saturated heterocycles. The summed E-state index contributed by atoms with van der Waals surface area (Å²) in [5, 5.41) is 3.08. The van der Waals surface area contributed by atoms with E-state index in [1.807, 2.05) is 30.3 Å². The lowest BCUT2D eigenvalue weighted by Crippen LogP contribution is -2.08. The Hall–Kier alpha value is -2.43. The van der Waals surface area contributed by atoms with Gasteiger partial charge >= 0.3 is 5.97 Å². The van der Waals surface area contributed by atoms with Crippen molar-refractivity contribution in [2.45, 2.75) is 6.92 Å². The highest BCUT2D eigenvalue weighted by atomic mass is 16.5. The number of rotatable bonds is 4. The molecule has 2 aromatic rings.